The van der Waals surface area contributed by atoms with E-state index in [-0.39, 0.29) is 24.4 Å². The largest absolute Gasteiger partial charge is 0.508 e. The number of hydrogen-bond donors (Lipinski definition) is 4. The van der Waals surface area contributed by atoms with Crippen LogP contribution in [-0.2, 0) is 11.0 Å². The van der Waals surface area contributed by atoms with Crippen molar-refractivity contribution in [3.05, 3.63) is 29.3 Å². The Kier molecular flexibility index (Phi) is 5.56. The third-order valence-electron chi connectivity index (χ3n) is 2.85. The van der Waals surface area contributed by atoms with Crippen LogP contribution in [0.25, 0.3) is 0 Å². The van der Waals surface area contributed by atoms with E-state index in [4.69, 9.17) is 0 Å². The molecule has 0 aliphatic heterocycles. The number of halogens is 3. The molecule has 1 rings (SSSR count). The van der Waals surface area contributed by atoms with Crippen LogP contribution in [0.3, 0.4) is 0 Å². The summed E-state index contributed by atoms with van der Waals surface area (Å²) in [7, 11) is 0. The number of benzene rings is 1. The van der Waals surface area contributed by atoms with Gasteiger partial charge in [0.2, 0.25) is 5.91 Å². The third-order valence-corrected chi connectivity index (χ3v) is 2.85. The van der Waals surface area contributed by atoms with Gasteiger partial charge in [-0.25, -0.2) is 0 Å². The lowest BCUT2D eigenvalue weighted by Crippen LogP contribution is -2.27. The lowest BCUT2D eigenvalue weighted by Gasteiger charge is -2.20. The van der Waals surface area contributed by atoms with Crippen LogP contribution in [-0.4, -0.2) is 33.9 Å². The van der Waals surface area contributed by atoms with E-state index in [1.165, 1.54) is 6.92 Å². The summed E-state index contributed by atoms with van der Waals surface area (Å²) in [6, 6.07) is 2.10. The molecular weight excluding hydrogens is 291 g/mol. The van der Waals surface area contributed by atoms with Crippen LogP contribution in [0, 0.1) is 0 Å². The monoisotopic (exact) mass is 307 g/mol. The second-order valence-electron chi connectivity index (χ2n) is 4.56. The van der Waals surface area contributed by atoms with Crippen LogP contribution in [0.5, 0.6) is 5.75 Å². The topological polar surface area (TPSA) is 89.8 Å². The molecule has 5 nitrogen and oxygen atoms in total. The van der Waals surface area contributed by atoms with Gasteiger partial charge in [0.1, 0.15) is 11.9 Å². The van der Waals surface area contributed by atoms with Crippen LogP contribution < -0.4 is 5.32 Å². The fourth-order valence-corrected chi connectivity index (χ4v) is 1.73. The van der Waals surface area contributed by atoms with Gasteiger partial charge in [0.05, 0.1) is 11.7 Å². The number of carbonyl (C=O) groups is 1. The molecule has 0 saturated heterocycles. The molecule has 2 atom stereocenters. The first-order valence-corrected chi connectivity index (χ1v) is 6.13. The summed E-state index contributed by atoms with van der Waals surface area (Å²) < 4.78 is 37.3. The fourth-order valence-electron chi connectivity index (χ4n) is 1.73. The molecule has 0 saturated carbocycles. The van der Waals surface area contributed by atoms with Crippen molar-refractivity contribution in [2.24, 2.45) is 0 Å². The van der Waals surface area contributed by atoms with E-state index in [1.54, 1.807) is 0 Å². The Morgan fingerprint density at radius 2 is 1.95 bits per heavy atom. The molecule has 0 radical (unpaired) electrons. The first-order chi connectivity index (χ1) is 9.62. The molecule has 21 heavy (non-hydrogen) atoms. The van der Waals surface area contributed by atoms with Gasteiger partial charge < -0.3 is 20.6 Å². The average Bonchev–Trinajstić information content (AvgIpc) is 2.36. The summed E-state index contributed by atoms with van der Waals surface area (Å²) in [4.78, 5) is 10.6. The van der Waals surface area contributed by atoms with Gasteiger partial charge in [-0.15, -0.1) is 0 Å². The Balaban J connectivity index is 2.78. The highest BCUT2D eigenvalue weighted by Gasteiger charge is 2.32. The van der Waals surface area contributed by atoms with Crippen molar-refractivity contribution in [1.29, 1.82) is 0 Å². The van der Waals surface area contributed by atoms with Crippen molar-refractivity contribution in [2.45, 2.75) is 31.7 Å². The van der Waals surface area contributed by atoms with Crippen molar-refractivity contribution >= 4 is 5.91 Å². The van der Waals surface area contributed by atoms with E-state index >= 15 is 0 Å². The number of nitrogens with one attached hydrogen (secondary N) is 1. The molecule has 2 unspecified atom stereocenters. The van der Waals surface area contributed by atoms with E-state index in [1.807, 2.05) is 0 Å². The maximum atomic E-state index is 12.4. The van der Waals surface area contributed by atoms with Gasteiger partial charge >= 0.3 is 6.18 Å². The number of amides is 1. The number of aliphatic hydroxyl groups excluding tert-OH is 2. The van der Waals surface area contributed by atoms with Gasteiger partial charge in [0.15, 0.2) is 0 Å². The van der Waals surface area contributed by atoms with Gasteiger partial charge in [-0.1, -0.05) is 6.07 Å². The predicted octanol–water partition coefficient (Wildman–Crippen LogP) is 1.33. The zero-order chi connectivity index (χ0) is 16.2. The number of rotatable bonds is 5. The number of aliphatic hydroxyl groups is 2. The van der Waals surface area contributed by atoms with Gasteiger partial charge in [-0.3, -0.25) is 4.79 Å². The second kappa shape index (κ2) is 6.77. The highest BCUT2D eigenvalue weighted by Crippen LogP contribution is 2.35. The first kappa shape index (κ1) is 17.3. The lowest BCUT2D eigenvalue weighted by atomic mass is 9.99. The Morgan fingerprint density at radius 3 is 2.43 bits per heavy atom. The van der Waals surface area contributed by atoms with Crippen molar-refractivity contribution in [3.8, 4) is 5.75 Å². The second-order valence-corrected chi connectivity index (χ2v) is 4.56. The zero-order valence-corrected chi connectivity index (χ0v) is 11.2. The SMILES string of the molecule is CC(=O)NCCC(O)C(O)c1ccc(C(F)(F)F)cc1O. The molecule has 0 aliphatic carbocycles. The van der Waals surface area contributed by atoms with Crippen LogP contribution in [0.15, 0.2) is 18.2 Å². The smallest absolute Gasteiger partial charge is 0.416 e. The molecular formula is C13H16F3NO4. The Labute approximate surface area is 119 Å². The fraction of sp³-hybridized carbons (Fsp3) is 0.462. The van der Waals surface area contributed by atoms with Crippen molar-refractivity contribution in [2.75, 3.05) is 6.54 Å². The van der Waals surface area contributed by atoms with Crippen LogP contribution in [0.2, 0.25) is 0 Å². The molecule has 1 amide bonds. The van der Waals surface area contributed by atoms with Crippen LogP contribution in [0.4, 0.5) is 13.2 Å². The summed E-state index contributed by atoms with van der Waals surface area (Å²) in [6.45, 7) is 1.37. The molecule has 0 bridgehead atoms. The van der Waals surface area contributed by atoms with Crippen molar-refractivity contribution in [1.82, 2.24) is 5.32 Å². The van der Waals surface area contributed by atoms with E-state index in [9.17, 15) is 33.3 Å². The van der Waals surface area contributed by atoms with Crippen LogP contribution in [0.1, 0.15) is 30.6 Å². The molecule has 1 aromatic rings. The maximum Gasteiger partial charge on any atom is 0.416 e. The van der Waals surface area contributed by atoms with Gasteiger partial charge in [0, 0.05) is 19.0 Å². The summed E-state index contributed by atoms with van der Waals surface area (Å²) in [6.07, 6.45) is -7.51. The minimum atomic E-state index is -4.61. The molecule has 0 aromatic heterocycles. The minimum Gasteiger partial charge on any atom is -0.508 e. The van der Waals surface area contributed by atoms with Crippen molar-refractivity contribution < 1.29 is 33.3 Å². The molecule has 0 heterocycles. The molecule has 0 fully saturated rings. The zero-order valence-electron chi connectivity index (χ0n) is 11.2. The molecule has 0 aliphatic rings. The number of aromatic hydroxyl groups is 1. The Bertz CT molecular complexity index is 505. The minimum absolute atomic E-state index is 0.0127. The summed E-state index contributed by atoms with van der Waals surface area (Å²) >= 11 is 0. The predicted molar refractivity (Wildman–Crippen MR) is 67.4 cm³/mol. The highest BCUT2D eigenvalue weighted by molar-refractivity contribution is 5.72. The maximum absolute atomic E-state index is 12.4. The normalized spacial score (nSPS) is 14.6. The summed E-state index contributed by atoms with van der Waals surface area (Å²) in [5.41, 5.74) is -1.26. The molecule has 1 aromatic carbocycles. The van der Waals surface area contributed by atoms with Gasteiger partial charge in [-0.05, 0) is 18.6 Å². The molecule has 118 valence electrons. The van der Waals surface area contributed by atoms with Gasteiger partial charge in [-0.2, -0.15) is 13.2 Å². The lowest BCUT2D eigenvalue weighted by molar-refractivity contribution is -0.137. The van der Waals surface area contributed by atoms with E-state index < -0.39 is 29.7 Å². The summed E-state index contributed by atoms with van der Waals surface area (Å²) in [5.74, 6) is -1.06. The number of alkyl halides is 3. The number of phenols is 1. The third kappa shape index (κ3) is 4.91. The van der Waals surface area contributed by atoms with E-state index in [0.29, 0.717) is 12.1 Å². The number of phenolic OH excluding ortho intramolecular Hbond substituents is 1. The summed E-state index contributed by atoms with van der Waals surface area (Å²) in [5, 5.41) is 31.5. The highest BCUT2D eigenvalue weighted by atomic mass is 19.4. The average molecular weight is 307 g/mol. The molecule has 8 heteroatoms. The van der Waals surface area contributed by atoms with E-state index in [0.717, 1.165) is 6.07 Å². The molecule has 0 spiro atoms. The van der Waals surface area contributed by atoms with Gasteiger partial charge in [0.25, 0.3) is 0 Å². The quantitative estimate of drug-likeness (QED) is 0.661. The van der Waals surface area contributed by atoms with Crippen LogP contribution >= 0.6 is 0 Å². The van der Waals surface area contributed by atoms with Crippen molar-refractivity contribution in [3.63, 3.8) is 0 Å². The Hall–Kier alpha value is -1.80. The standard InChI is InChI=1S/C13H16F3NO4/c1-7(18)17-5-4-10(19)12(21)9-3-2-8(6-11(9)20)13(14,15)16/h2-3,6,10,12,19-21H,4-5H2,1H3,(H,17,18). The Morgan fingerprint density at radius 1 is 1.33 bits per heavy atom. The molecule has 4 N–H and O–H groups in total. The van der Waals surface area contributed by atoms with E-state index in [2.05, 4.69) is 5.32 Å². The number of carbonyl (C=O) groups excluding carboxylic acids is 1. The first-order valence-electron chi connectivity index (χ1n) is 6.13. The number of hydrogen-bond acceptors (Lipinski definition) is 4.